The van der Waals surface area contributed by atoms with Crippen LogP contribution in [0.1, 0.15) is 232 Å². The van der Waals surface area contributed by atoms with Crippen molar-refractivity contribution in [3.8, 4) is 0 Å². The predicted molar refractivity (Wildman–Crippen MR) is 392 cm³/mol. The van der Waals surface area contributed by atoms with Crippen molar-refractivity contribution in [2.75, 3.05) is 32.7 Å². The minimum absolute atomic E-state index is 0.00240. The van der Waals surface area contributed by atoms with Gasteiger partial charge in [-0.25, -0.2) is 9.59 Å². The smallest absolute Gasteiger partial charge is 0.338 e. The number of nitrogens with zero attached hydrogens (tertiary/aromatic N) is 2. The van der Waals surface area contributed by atoms with E-state index in [2.05, 4.69) is 67.7 Å². The number of nitrogens with two attached hydrogens (primary N) is 3. The van der Waals surface area contributed by atoms with Crippen molar-refractivity contribution in [2.45, 2.75) is 232 Å². The van der Waals surface area contributed by atoms with Crippen molar-refractivity contribution in [3.63, 3.8) is 0 Å². The third-order valence-corrected chi connectivity index (χ3v) is 22.1. The second-order valence-corrected chi connectivity index (χ2v) is 30.2. The Bertz CT molecular complexity index is 2400. The molecule has 5 heterocycles. The topological polar surface area (TPSA) is 283 Å². The number of hydrogen-bond donors (Lipinski definition) is 3. The largest absolute Gasteiger partial charge is 0.393 e. The fraction of sp³-hybridized carbons (Fsp3) is 0.681. The maximum atomic E-state index is 13.5. The number of carbonyl (C=O) groups is 10. The molecule has 6 N–H and O–H groups in total. The van der Waals surface area contributed by atoms with E-state index in [1.807, 2.05) is 19.1 Å². The van der Waals surface area contributed by atoms with Crippen molar-refractivity contribution >= 4 is 111 Å². The lowest BCUT2D eigenvalue weighted by Crippen LogP contribution is -2.33. The highest BCUT2D eigenvalue weighted by Crippen LogP contribution is 2.41. The number of cyclic esters (lactones) is 6. The van der Waals surface area contributed by atoms with Gasteiger partial charge < -0.3 is 31.4 Å². The van der Waals surface area contributed by atoms with E-state index in [-0.39, 0.29) is 61.1 Å². The molecule has 0 bridgehead atoms. The molecule has 12 unspecified atom stereocenters. The minimum atomic E-state index is -0.630. The summed E-state index contributed by atoms with van der Waals surface area (Å²) in [6.45, 7) is 19.4. The number of ether oxygens (including phenoxy) is 3. The normalized spacial score (nSPS) is 19.4. The molecule has 93 heavy (non-hydrogen) atoms. The van der Waals surface area contributed by atoms with Gasteiger partial charge in [-0.05, 0) is 83.3 Å². The highest BCUT2D eigenvalue weighted by Gasteiger charge is 2.43. The summed E-state index contributed by atoms with van der Waals surface area (Å²) in [5.74, 6) is -6.50. The number of likely N-dealkylation sites (tertiary alicyclic amines) is 2. The highest BCUT2D eigenvalue weighted by molar-refractivity contribution is 8.05. The monoisotopic (exact) mass is 1410 g/mol. The lowest BCUT2D eigenvalue weighted by atomic mass is 9.86. The molecule has 5 rings (SSSR count). The van der Waals surface area contributed by atoms with Crippen LogP contribution in [-0.4, -0.2) is 102 Å². The summed E-state index contributed by atoms with van der Waals surface area (Å²) in [5, 5.41) is 3.18. The molecule has 5 aliphatic rings. The van der Waals surface area contributed by atoms with Gasteiger partial charge in [0.25, 0.3) is 0 Å². The second kappa shape index (κ2) is 55.6. The third-order valence-electron chi connectivity index (χ3n) is 16.5. The van der Waals surface area contributed by atoms with Crippen LogP contribution in [0.2, 0.25) is 0 Å². The molecule has 0 aromatic heterocycles. The van der Waals surface area contributed by atoms with Crippen LogP contribution in [0.5, 0.6) is 0 Å². The van der Waals surface area contributed by atoms with Crippen LogP contribution in [0.4, 0.5) is 0 Å². The summed E-state index contributed by atoms with van der Waals surface area (Å²) in [6, 6.07) is 0. The van der Waals surface area contributed by atoms with Gasteiger partial charge in [-0.15, -0.1) is 26.8 Å². The molecular weight excluding hydrogens is 1290 g/mol. The maximum Gasteiger partial charge on any atom is 0.338 e. The van der Waals surface area contributed by atoms with Crippen molar-refractivity contribution in [1.29, 1.82) is 0 Å². The molecule has 0 aromatic carbocycles. The van der Waals surface area contributed by atoms with E-state index in [1.165, 1.54) is 144 Å². The molecular formula is C69H117N5O13P6. The Labute approximate surface area is 569 Å². The zero-order valence-corrected chi connectivity index (χ0v) is 62.8. The van der Waals surface area contributed by atoms with E-state index >= 15 is 0 Å². The molecule has 0 spiro atoms. The Morgan fingerprint density at radius 1 is 0.473 bits per heavy atom. The van der Waals surface area contributed by atoms with Crippen molar-refractivity contribution in [3.05, 3.63) is 72.1 Å². The molecule has 0 saturated carbocycles. The molecule has 0 aliphatic carbocycles. The average molecular weight is 1410 g/mol. The van der Waals surface area contributed by atoms with Gasteiger partial charge in [0.15, 0.2) is 0 Å². The summed E-state index contributed by atoms with van der Waals surface area (Å²) in [5.41, 5.74) is 16.5. The molecule has 4 amide bonds. The standard InChI is InChI=1S/C36H64N4O4P2.C14H16O6P2.C12H27N.C4H2O3.C3H8P2/c1-29(46-45)26-30(32-28-34(42)40(36(32)44)25-19-15-11-7-3-5-9-13-17-23-38)20-21-31-27-33(41)39(35(31)43)24-18-14-10-6-2-4-8-12-16-22-37;1-7(22-21)4-8(10-6-12(16)20-14(10)18)2-3-9-5-11(15)19-13(9)17;1-2-3-4-5-6-7-8-9-10-11-12-13;5-3-1-2-4(6)7-3;1-3(2)5-4/h20-21,30-32,46H,1-19,22-28,37-38,45H2;2-3,8-10,22H,1,4-6,21H2;2-13H2,1H3;1-2H;5H,1,4H2,2H3. The van der Waals surface area contributed by atoms with Crippen molar-refractivity contribution < 1.29 is 62.2 Å². The number of esters is 6. The van der Waals surface area contributed by atoms with E-state index < -0.39 is 59.5 Å². The second-order valence-electron chi connectivity index (χ2n) is 24.5. The lowest BCUT2D eigenvalue weighted by molar-refractivity contribution is -0.154. The van der Waals surface area contributed by atoms with Gasteiger partial charge in [-0.3, -0.25) is 48.2 Å². The van der Waals surface area contributed by atoms with Crippen LogP contribution in [0, 0.1) is 35.5 Å². The SMILES string of the molecule is C=C(C)PP.C=C(CC(C=CC1CC(=O)N(CCCCCCCCCCCN)C1=O)C1CC(=O)N(CCCCCCCCCCCN)C1=O)PP.C=C(CC(C=CC1CC(=O)OC1=O)C1CC(=O)OC1=O)PP.CCCCCCCCCCCCN.O=C1C=CC(=O)O1. The quantitative estimate of drug-likeness (QED) is 0.00971. The van der Waals surface area contributed by atoms with E-state index in [1.54, 1.807) is 12.2 Å². The molecule has 4 saturated heterocycles. The zero-order valence-electron chi connectivity index (χ0n) is 56.3. The Kier molecular flexibility index (Phi) is 52.4. The number of hydrogen-bond acceptors (Lipinski definition) is 16. The van der Waals surface area contributed by atoms with Gasteiger partial charge in [-0.2, -0.15) is 0 Å². The first-order valence-corrected chi connectivity index (χ1v) is 42.6. The number of imide groups is 2. The van der Waals surface area contributed by atoms with E-state index in [0.29, 0.717) is 42.5 Å². The van der Waals surface area contributed by atoms with Crippen molar-refractivity contribution in [1.82, 2.24) is 9.80 Å². The maximum absolute atomic E-state index is 13.5. The van der Waals surface area contributed by atoms with E-state index in [0.717, 1.165) is 102 Å². The number of allylic oxidation sites excluding steroid dienone is 5. The van der Waals surface area contributed by atoms with Crippen LogP contribution in [0.3, 0.4) is 0 Å². The molecule has 4 fully saturated rings. The number of carbonyl (C=O) groups excluding carboxylic acids is 10. The van der Waals surface area contributed by atoms with E-state index in [4.69, 9.17) is 17.2 Å². The zero-order chi connectivity index (χ0) is 69.2. The number of unbranched alkanes of at least 4 members (excludes halogenated alkanes) is 25. The first-order chi connectivity index (χ1) is 44.7. The molecule has 18 nitrogen and oxygen atoms in total. The van der Waals surface area contributed by atoms with Gasteiger partial charge in [0.1, 0.15) is 0 Å². The Morgan fingerprint density at radius 2 is 0.828 bits per heavy atom. The number of rotatable bonds is 45. The minimum Gasteiger partial charge on any atom is -0.393 e. The molecule has 24 heteroatoms. The van der Waals surface area contributed by atoms with Crippen LogP contribution in [0.25, 0.3) is 0 Å². The Hall–Kier alpha value is -3.40. The highest BCUT2D eigenvalue weighted by atomic mass is 32.0. The Balaban J connectivity index is 0.000000744. The summed E-state index contributed by atoms with van der Waals surface area (Å²) in [6.07, 6.45) is 45.0. The van der Waals surface area contributed by atoms with Gasteiger partial charge in [-0.1, -0.05) is 239 Å². The molecule has 12 atom stereocenters. The van der Waals surface area contributed by atoms with Crippen LogP contribution in [0.15, 0.2) is 72.1 Å². The van der Waals surface area contributed by atoms with Gasteiger partial charge >= 0.3 is 35.8 Å². The lowest BCUT2D eigenvalue weighted by Gasteiger charge is -2.21. The molecule has 0 radical (unpaired) electrons. The molecule has 5 aliphatic heterocycles. The Morgan fingerprint density at radius 3 is 1.17 bits per heavy atom. The molecule has 0 aromatic rings. The predicted octanol–water partition coefficient (Wildman–Crippen LogP) is 14.4. The summed E-state index contributed by atoms with van der Waals surface area (Å²) in [4.78, 5) is 121. The first-order valence-electron chi connectivity index (χ1n) is 34.2. The van der Waals surface area contributed by atoms with Crippen LogP contribution < -0.4 is 17.2 Å². The summed E-state index contributed by atoms with van der Waals surface area (Å²) >= 11 is 0. The third kappa shape index (κ3) is 40.8. The fourth-order valence-corrected chi connectivity index (χ4v) is 12.4. The van der Waals surface area contributed by atoms with Crippen LogP contribution >= 0.6 is 51.6 Å². The van der Waals surface area contributed by atoms with E-state index in [9.17, 15) is 47.9 Å². The van der Waals surface area contributed by atoms with Crippen LogP contribution in [-0.2, 0) is 62.2 Å². The first kappa shape index (κ1) is 87.6. The number of amides is 4. The fourth-order valence-electron chi connectivity index (χ4n) is 11.0. The van der Waals surface area contributed by atoms with Crippen molar-refractivity contribution in [2.24, 2.45) is 52.7 Å². The summed E-state index contributed by atoms with van der Waals surface area (Å²) in [7, 11) is 9.62. The molecule has 526 valence electrons. The van der Waals surface area contributed by atoms with Gasteiger partial charge in [0.05, 0.1) is 36.5 Å². The summed E-state index contributed by atoms with van der Waals surface area (Å²) < 4.78 is 13.0. The average Bonchev–Trinajstić information content (AvgIpc) is 1.72. The van der Waals surface area contributed by atoms with Gasteiger partial charge in [0.2, 0.25) is 23.6 Å². The van der Waals surface area contributed by atoms with Gasteiger partial charge in [0, 0.05) is 38.1 Å².